The number of hydrogen-bond acceptors (Lipinski definition) is 3. The Kier molecular flexibility index (Phi) is 3.91. The minimum absolute atomic E-state index is 0.0939. The zero-order chi connectivity index (χ0) is 12.8. The van der Waals surface area contributed by atoms with E-state index in [9.17, 15) is 4.79 Å². The molecule has 0 saturated heterocycles. The van der Waals surface area contributed by atoms with Gasteiger partial charge in [-0.3, -0.25) is 15.6 Å². The number of hydrazine groups is 1. The highest BCUT2D eigenvalue weighted by Gasteiger charge is 2.02. The predicted octanol–water partition coefficient (Wildman–Crippen LogP) is 2.08. The Bertz CT molecular complexity index is 508. The second-order valence-corrected chi connectivity index (χ2v) is 4.06. The summed E-state index contributed by atoms with van der Waals surface area (Å²) in [6.45, 7) is 1.96. The Morgan fingerprint density at radius 1 is 1.17 bits per heavy atom. The molecule has 0 bridgehead atoms. The first kappa shape index (κ1) is 12.1. The fourth-order valence-corrected chi connectivity index (χ4v) is 1.50. The molecule has 2 N–H and O–H groups in total. The number of benzene rings is 1. The van der Waals surface area contributed by atoms with Gasteiger partial charge < -0.3 is 0 Å². The number of nitrogens with one attached hydrogen (secondary N) is 2. The van der Waals surface area contributed by atoms with E-state index in [2.05, 4.69) is 15.8 Å². The number of rotatable bonds is 4. The van der Waals surface area contributed by atoms with Crippen LogP contribution >= 0.6 is 0 Å². The second kappa shape index (κ2) is 5.82. The van der Waals surface area contributed by atoms with Crippen molar-refractivity contribution in [3.05, 3.63) is 59.8 Å². The lowest BCUT2D eigenvalue weighted by atomic mass is 10.1. The Labute approximate surface area is 106 Å². The van der Waals surface area contributed by atoms with Crippen LogP contribution < -0.4 is 10.9 Å². The number of nitrogens with zero attached hydrogens (tertiary/aromatic N) is 1. The normalized spacial score (nSPS) is 9.83. The smallest absolute Gasteiger partial charge is 0.242 e. The number of hydrogen-bond donors (Lipinski definition) is 2. The fourth-order valence-electron chi connectivity index (χ4n) is 1.50. The van der Waals surface area contributed by atoms with Gasteiger partial charge in [0.2, 0.25) is 5.91 Å². The summed E-state index contributed by atoms with van der Waals surface area (Å²) in [5.41, 5.74) is 7.46. The Morgan fingerprint density at radius 2 is 1.94 bits per heavy atom. The molecule has 0 fully saturated rings. The maximum atomic E-state index is 11.7. The SMILES string of the molecule is Cc1ccc(NNC(=O)Cc2ccccc2)nc1. The number of pyridine rings is 1. The van der Waals surface area contributed by atoms with Gasteiger partial charge in [0.1, 0.15) is 5.82 Å². The van der Waals surface area contributed by atoms with E-state index in [0.717, 1.165) is 11.1 Å². The van der Waals surface area contributed by atoms with Crippen molar-refractivity contribution in [2.45, 2.75) is 13.3 Å². The van der Waals surface area contributed by atoms with Gasteiger partial charge in [-0.15, -0.1) is 0 Å². The van der Waals surface area contributed by atoms with E-state index in [0.29, 0.717) is 12.2 Å². The average Bonchev–Trinajstić information content (AvgIpc) is 2.39. The minimum atomic E-state index is -0.0939. The fraction of sp³-hybridized carbons (Fsp3) is 0.143. The van der Waals surface area contributed by atoms with Gasteiger partial charge in [-0.1, -0.05) is 36.4 Å². The van der Waals surface area contributed by atoms with Crippen LogP contribution in [0.1, 0.15) is 11.1 Å². The quantitative estimate of drug-likeness (QED) is 0.806. The van der Waals surface area contributed by atoms with Gasteiger partial charge in [0.25, 0.3) is 0 Å². The van der Waals surface area contributed by atoms with Crippen molar-refractivity contribution in [1.29, 1.82) is 0 Å². The van der Waals surface area contributed by atoms with Crippen molar-refractivity contribution in [1.82, 2.24) is 10.4 Å². The Hall–Kier alpha value is -2.36. The topological polar surface area (TPSA) is 54.0 Å². The molecule has 1 aromatic heterocycles. The first-order valence-corrected chi connectivity index (χ1v) is 5.75. The number of carbonyl (C=O) groups is 1. The highest BCUT2D eigenvalue weighted by Crippen LogP contribution is 2.02. The molecule has 0 unspecified atom stereocenters. The first-order chi connectivity index (χ1) is 8.74. The van der Waals surface area contributed by atoms with Crippen LogP contribution in [0.25, 0.3) is 0 Å². The molecule has 92 valence electrons. The van der Waals surface area contributed by atoms with Gasteiger partial charge in [-0.25, -0.2) is 4.98 Å². The van der Waals surface area contributed by atoms with E-state index in [1.54, 1.807) is 6.20 Å². The van der Waals surface area contributed by atoms with E-state index in [4.69, 9.17) is 0 Å². The third-order valence-electron chi connectivity index (χ3n) is 2.45. The molecule has 0 radical (unpaired) electrons. The molecule has 0 saturated carbocycles. The number of amides is 1. The van der Waals surface area contributed by atoms with Gasteiger partial charge in [0, 0.05) is 6.20 Å². The standard InChI is InChI=1S/C14H15N3O/c1-11-7-8-13(15-10-11)16-17-14(18)9-12-5-3-2-4-6-12/h2-8,10H,9H2,1H3,(H,15,16)(H,17,18). The maximum absolute atomic E-state index is 11.7. The van der Waals surface area contributed by atoms with Crippen molar-refractivity contribution >= 4 is 11.7 Å². The lowest BCUT2D eigenvalue weighted by molar-refractivity contribution is -0.119. The van der Waals surface area contributed by atoms with Gasteiger partial charge >= 0.3 is 0 Å². The van der Waals surface area contributed by atoms with Crippen LogP contribution in [0.5, 0.6) is 0 Å². The summed E-state index contributed by atoms with van der Waals surface area (Å²) in [5, 5.41) is 0. The van der Waals surface area contributed by atoms with Crippen LogP contribution in [0, 0.1) is 6.92 Å². The highest BCUT2D eigenvalue weighted by molar-refractivity contribution is 5.79. The van der Waals surface area contributed by atoms with Crippen LogP contribution in [0.4, 0.5) is 5.82 Å². The summed E-state index contributed by atoms with van der Waals surface area (Å²) in [6, 6.07) is 13.3. The largest absolute Gasteiger partial charge is 0.282 e. The minimum Gasteiger partial charge on any atom is -0.282 e. The molecule has 4 nitrogen and oxygen atoms in total. The lowest BCUT2D eigenvalue weighted by Gasteiger charge is -2.07. The van der Waals surface area contributed by atoms with E-state index >= 15 is 0 Å². The van der Waals surface area contributed by atoms with Crippen molar-refractivity contribution in [3.63, 3.8) is 0 Å². The third-order valence-corrected chi connectivity index (χ3v) is 2.45. The van der Waals surface area contributed by atoms with Crippen LogP contribution in [0.15, 0.2) is 48.7 Å². The molecule has 0 atom stereocenters. The summed E-state index contributed by atoms with van der Waals surface area (Å²) in [6.07, 6.45) is 2.09. The summed E-state index contributed by atoms with van der Waals surface area (Å²) in [5.74, 6) is 0.533. The van der Waals surface area contributed by atoms with Gasteiger partial charge in [0.05, 0.1) is 6.42 Å². The number of aromatic nitrogens is 1. The number of aryl methyl sites for hydroxylation is 1. The second-order valence-electron chi connectivity index (χ2n) is 4.06. The summed E-state index contributed by atoms with van der Waals surface area (Å²) < 4.78 is 0. The number of carbonyl (C=O) groups excluding carboxylic acids is 1. The van der Waals surface area contributed by atoms with Crippen molar-refractivity contribution in [2.24, 2.45) is 0 Å². The van der Waals surface area contributed by atoms with Crippen LogP contribution in [-0.4, -0.2) is 10.9 Å². The molecular weight excluding hydrogens is 226 g/mol. The van der Waals surface area contributed by atoms with Gasteiger partial charge in [-0.2, -0.15) is 0 Å². The molecule has 18 heavy (non-hydrogen) atoms. The van der Waals surface area contributed by atoms with Crippen molar-refractivity contribution in [3.8, 4) is 0 Å². The summed E-state index contributed by atoms with van der Waals surface area (Å²) >= 11 is 0. The zero-order valence-electron chi connectivity index (χ0n) is 10.2. The molecule has 1 amide bonds. The molecule has 0 aliphatic carbocycles. The Balaban J connectivity index is 1.83. The van der Waals surface area contributed by atoms with E-state index in [-0.39, 0.29) is 5.91 Å². The third kappa shape index (κ3) is 3.59. The first-order valence-electron chi connectivity index (χ1n) is 5.75. The van der Waals surface area contributed by atoms with Crippen LogP contribution in [-0.2, 0) is 11.2 Å². The molecule has 4 heteroatoms. The summed E-state index contributed by atoms with van der Waals surface area (Å²) in [7, 11) is 0. The van der Waals surface area contributed by atoms with E-state index < -0.39 is 0 Å². The molecule has 0 aliphatic heterocycles. The van der Waals surface area contributed by atoms with Crippen LogP contribution in [0.2, 0.25) is 0 Å². The molecular formula is C14H15N3O. The molecule has 2 rings (SSSR count). The van der Waals surface area contributed by atoms with E-state index in [1.807, 2.05) is 49.4 Å². The molecule has 0 aliphatic rings. The average molecular weight is 241 g/mol. The maximum Gasteiger partial charge on any atom is 0.242 e. The molecule has 2 aromatic rings. The number of anilines is 1. The molecule has 0 spiro atoms. The van der Waals surface area contributed by atoms with E-state index in [1.165, 1.54) is 0 Å². The predicted molar refractivity (Wildman–Crippen MR) is 70.9 cm³/mol. The van der Waals surface area contributed by atoms with Gasteiger partial charge in [0.15, 0.2) is 0 Å². The highest BCUT2D eigenvalue weighted by atomic mass is 16.2. The zero-order valence-corrected chi connectivity index (χ0v) is 10.2. The van der Waals surface area contributed by atoms with Gasteiger partial charge in [-0.05, 0) is 24.1 Å². The van der Waals surface area contributed by atoms with Crippen molar-refractivity contribution < 1.29 is 4.79 Å². The molecule has 1 heterocycles. The van der Waals surface area contributed by atoms with Crippen molar-refractivity contribution in [2.75, 3.05) is 5.43 Å². The lowest BCUT2D eigenvalue weighted by Crippen LogP contribution is -2.31. The molecule has 1 aromatic carbocycles. The monoisotopic (exact) mass is 241 g/mol. The van der Waals surface area contributed by atoms with Crippen LogP contribution in [0.3, 0.4) is 0 Å². The summed E-state index contributed by atoms with van der Waals surface area (Å²) in [4.78, 5) is 15.8. The Morgan fingerprint density at radius 3 is 2.61 bits per heavy atom.